The predicted octanol–water partition coefficient (Wildman–Crippen LogP) is 3.35. The van der Waals surface area contributed by atoms with Crippen molar-refractivity contribution in [3.63, 3.8) is 0 Å². The summed E-state index contributed by atoms with van der Waals surface area (Å²) in [5.41, 5.74) is 2.62. The number of carbonyl (C=O) groups is 1. The van der Waals surface area contributed by atoms with Crippen molar-refractivity contribution in [2.75, 3.05) is 20.2 Å². The second-order valence-corrected chi connectivity index (χ2v) is 9.63. The zero-order chi connectivity index (χ0) is 18.3. The second-order valence-electron chi connectivity index (χ2n) is 9.63. The molecule has 0 amide bonds. The van der Waals surface area contributed by atoms with E-state index in [-0.39, 0.29) is 17.4 Å². The highest BCUT2D eigenvalue weighted by atomic mass is 16.5. The molecule has 5 aliphatic rings. The first-order valence-electron chi connectivity index (χ1n) is 10.8. The first kappa shape index (κ1) is 16.4. The molecule has 0 aromatic heterocycles. The van der Waals surface area contributed by atoms with Crippen LogP contribution in [0.1, 0.15) is 50.2 Å². The third kappa shape index (κ3) is 1.95. The van der Waals surface area contributed by atoms with Crippen LogP contribution in [0.2, 0.25) is 0 Å². The van der Waals surface area contributed by atoms with E-state index in [9.17, 15) is 4.79 Å². The molecule has 2 saturated carbocycles. The summed E-state index contributed by atoms with van der Waals surface area (Å²) in [6.07, 6.45) is 7.07. The van der Waals surface area contributed by atoms with Crippen LogP contribution in [-0.2, 0) is 16.6 Å². The lowest BCUT2D eigenvalue weighted by molar-refractivity contribution is -0.145. The number of likely N-dealkylation sites (tertiary alicyclic amines) is 1. The lowest BCUT2D eigenvalue weighted by atomic mass is 9.50. The fourth-order valence-electron chi connectivity index (χ4n) is 7.00. The van der Waals surface area contributed by atoms with Crippen LogP contribution in [0.3, 0.4) is 0 Å². The van der Waals surface area contributed by atoms with Crippen LogP contribution in [0, 0.1) is 17.8 Å². The molecule has 3 aliphatic carbocycles. The Bertz CT molecular complexity index is 816. The Labute approximate surface area is 161 Å². The molecule has 4 nitrogen and oxygen atoms in total. The number of hydrogen-bond donors (Lipinski definition) is 0. The lowest BCUT2D eigenvalue weighted by Crippen LogP contribution is -2.67. The molecular weight excluding hydrogens is 338 g/mol. The van der Waals surface area contributed by atoms with E-state index in [1.807, 2.05) is 6.07 Å². The van der Waals surface area contributed by atoms with Gasteiger partial charge in [0.25, 0.3) is 0 Å². The third-order valence-electron chi connectivity index (χ3n) is 8.50. The molecule has 144 valence electrons. The number of ether oxygens (including phenoxy) is 2. The Morgan fingerprint density at radius 3 is 2.93 bits per heavy atom. The highest BCUT2D eigenvalue weighted by molar-refractivity contribution is 5.90. The normalized spacial score (nSPS) is 39.6. The van der Waals surface area contributed by atoms with Crippen LogP contribution >= 0.6 is 0 Å². The van der Waals surface area contributed by atoms with Gasteiger partial charge in [-0.1, -0.05) is 19.4 Å². The van der Waals surface area contributed by atoms with Crippen molar-refractivity contribution in [3.8, 4) is 11.5 Å². The van der Waals surface area contributed by atoms with Gasteiger partial charge >= 0.3 is 0 Å². The van der Waals surface area contributed by atoms with E-state index < -0.39 is 0 Å². The van der Waals surface area contributed by atoms with Gasteiger partial charge < -0.3 is 9.47 Å². The minimum absolute atomic E-state index is 0.0983. The Balaban J connectivity index is 1.49. The maximum Gasteiger partial charge on any atom is 0.177 e. The number of rotatable bonds is 3. The van der Waals surface area contributed by atoms with E-state index in [4.69, 9.17) is 9.47 Å². The molecule has 1 aromatic rings. The molecule has 2 bridgehead atoms. The number of Topliss-reactive ketones (excluding diaryl/α,β-unsaturated/α-hetero) is 1. The van der Waals surface area contributed by atoms with Crippen LogP contribution in [0.5, 0.6) is 11.5 Å². The Morgan fingerprint density at radius 1 is 1.33 bits per heavy atom. The van der Waals surface area contributed by atoms with E-state index in [1.165, 1.54) is 36.9 Å². The first-order chi connectivity index (χ1) is 13.1. The van der Waals surface area contributed by atoms with Gasteiger partial charge in [-0.25, -0.2) is 0 Å². The molecule has 3 fully saturated rings. The summed E-state index contributed by atoms with van der Waals surface area (Å²) in [5, 5.41) is 0. The van der Waals surface area contributed by atoms with Crippen molar-refractivity contribution in [1.29, 1.82) is 0 Å². The lowest BCUT2D eigenvalue weighted by Gasteiger charge is -2.59. The Kier molecular flexibility index (Phi) is 3.34. The zero-order valence-corrected chi connectivity index (χ0v) is 16.4. The van der Waals surface area contributed by atoms with Gasteiger partial charge in [0.05, 0.1) is 7.11 Å². The minimum atomic E-state index is -0.301. The number of hydrogen-bond acceptors (Lipinski definition) is 4. The molecule has 1 unspecified atom stereocenters. The van der Waals surface area contributed by atoms with Gasteiger partial charge in [-0.15, -0.1) is 0 Å². The quantitative estimate of drug-likeness (QED) is 0.821. The third-order valence-corrected chi connectivity index (χ3v) is 8.50. The summed E-state index contributed by atoms with van der Waals surface area (Å²) in [6, 6.07) is 4.85. The second kappa shape index (κ2) is 5.50. The molecule has 1 aromatic carbocycles. The minimum Gasteiger partial charge on any atom is -0.493 e. The number of carbonyl (C=O) groups excluding carboxylic acids is 1. The van der Waals surface area contributed by atoms with Crippen LogP contribution in [0.4, 0.5) is 0 Å². The summed E-state index contributed by atoms with van der Waals surface area (Å²) >= 11 is 0. The van der Waals surface area contributed by atoms with Crippen molar-refractivity contribution in [3.05, 3.63) is 23.3 Å². The molecule has 0 N–H and O–H groups in total. The maximum atomic E-state index is 13.2. The van der Waals surface area contributed by atoms with Crippen LogP contribution in [0.25, 0.3) is 0 Å². The standard InChI is InChI=1S/C23H29NO3/c1-13-10-16-17-11-15-6-7-18(26-2)21-19(15)23(16,22(27-21)20(13)25)8-9-24(17)12-14-4-3-5-14/h6-7,13-14,16-17,22H,3-5,8-12H2,1-2H3/t13-,16-,17+,22?,23-/m0/s1. The highest BCUT2D eigenvalue weighted by Gasteiger charge is 2.67. The number of nitrogens with zero attached hydrogens (tertiary/aromatic N) is 1. The summed E-state index contributed by atoms with van der Waals surface area (Å²) in [6.45, 7) is 4.47. The topological polar surface area (TPSA) is 38.8 Å². The number of methoxy groups -OCH3 is 1. The van der Waals surface area contributed by atoms with Gasteiger partial charge in [0.2, 0.25) is 0 Å². The number of piperidine rings is 1. The average Bonchev–Trinajstić information content (AvgIpc) is 2.97. The smallest absolute Gasteiger partial charge is 0.177 e. The van der Waals surface area contributed by atoms with Crippen molar-refractivity contribution in [1.82, 2.24) is 4.90 Å². The van der Waals surface area contributed by atoms with Crippen molar-refractivity contribution >= 4 is 5.78 Å². The molecule has 5 atom stereocenters. The first-order valence-corrected chi connectivity index (χ1v) is 10.8. The van der Waals surface area contributed by atoms with E-state index >= 15 is 0 Å². The number of benzene rings is 1. The fraction of sp³-hybridized carbons (Fsp3) is 0.696. The maximum absolute atomic E-state index is 13.2. The van der Waals surface area contributed by atoms with Crippen molar-refractivity contribution in [2.24, 2.45) is 17.8 Å². The fourth-order valence-corrected chi connectivity index (χ4v) is 7.00. The van der Waals surface area contributed by atoms with Gasteiger partial charge in [-0.3, -0.25) is 9.69 Å². The molecule has 27 heavy (non-hydrogen) atoms. The Hall–Kier alpha value is -1.55. The molecular formula is C23H29NO3. The Morgan fingerprint density at radius 2 is 2.19 bits per heavy atom. The largest absolute Gasteiger partial charge is 0.493 e. The summed E-state index contributed by atoms with van der Waals surface area (Å²) in [7, 11) is 1.70. The molecule has 4 heteroatoms. The molecule has 2 heterocycles. The number of ketones is 1. The van der Waals surface area contributed by atoms with Crippen LogP contribution < -0.4 is 9.47 Å². The SMILES string of the molecule is COc1ccc2c3c1OC1C(=O)[C@@H](C)C[C@H]4[C@@H](C2)N(CC2CCC2)CC[C@]314. The van der Waals surface area contributed by atoms with Gasteiger partial charge in [-0.2, -0.15) is 0 Å². The van der Waals surface area contributed by atoms with E-state index in [1.54, 1.807) is 7.11 Å². The van der Waals surface area contributed by atoms with E-state index in [2.05, 4.69) is 17.9 Å². The highest BCUT2D eigenvalue weighted by Crippen LogP contribution is 2.64. The van der Waals surface area contributed by atoms with Crippen molar-refractivity contribution < 1.29 is 14.3 Å². The molecule has 6 rings (SSSR count). The van der Waals surface area contributed by atoms with E-state index in [0.29, 0.717) is 17.7 Å². The van der Waals surface area contributed by atoms with Gasteiger partial charge in [-0.05, 0) is 62.1 Å². The summed E-state index contributed by atoms with van der Waals surface area (Å²) in [4.78, 5) is 16.0. The summed E-state index contributed by atoms with van der Waals surface area (Å²) < 4.78 is 12.1. The van der Waals surface area contributed by atoms with Crippen LogP contribution in [-0.4, -0.2) is 43.0 Å². The summed E-state index contributed by atoms with van der Waals surface area (Å²) in [5.74, 6) is 3.50. The zero-order valence-electron chi connectivity index (χ0n) is 16.4. The molecule has 1 spiro atoms. The predicted molar refractivity (Wildman–Crippen MR) is 102 cm³/mol. The van der Waals surface area contributed by atoms with Gasteiger partial charge in [0.15, 0.2) is 23.4 Å². The van der Waals surface area contributed by atoms with E-state index in [0.717, 1.165) is 43.2 Å². The average molecular weight is 367 g/mol. The van der Waals surface area contributed by atoms with Crippen molar-refractivity contribution in [2.45, 2.75) is 63.0 Å². The molecule has 1 saturated heterocycles. The van der Waals surface area contributed by atoms with Gasteiger partial charge in [0, 0.05) is 29.5 Å². The monoisotopic (exact) mass is 367 g/mol. The molecule has 0 radical (unpaired) electrons. The van der Waals surface area contributed by atoms with Gasteiger partial charge in [0.1, 0.15) is 0 Å². The molecule has 2 aliphatic heterocycles. The van der Waals surface area contributed by atoms with Crippen LogP contribution in [0.15, 0.2) is 12.1 Å².